The molecule has 120 valence electrons. The molecule has 0 atom stereocenters. The number of nitrogens with one attached hydrogen (secondary N) is 2. The number of nitrogens with zero attached hydrogens (tertiary/aromatic N) is 2. The van der Waals surface area contributed by atoms with Crippen molar-refractivity contribution >= 4 is 17.7 Å². The third-order valence-electron chi connectivity index (χ3n) is 3.71. The molecular weight excluding hydrogens is 296 g/mol. The van der Waals surface area contributed by atoms with E-state index >= 15 is 0 Å². The molecule has 1 aliphatic heterocycles. The molecule has 1 aromatic carbocycles. The fraction of sp³-hybridized carbons (Fsp3) is 0.312. The van der Waals surface area contributed by atoms with Crippen molar-refractivity contribution in [2.45, 2.75) is 19.9 Å². The molecule has 0 radical (unpaired) electrons. The molecule has 0 spiro atoms. The van der Waals surface area contributed by atoms with Crippen molar-refractivity contribution in [1.82, 2.24) is 14.9 Å². The number of fused-ring (bicyclic) bond motifs is 1. The monoisotopic (exact) mass is 314 g/mol. The van der Waals surface area contributed by atoms with E-state index in [9.17, 15) is 9.59 Å². The highest BCUT2D eigenvalue weighted by Crippen LogP contribution is 2.17. The minimum atomic E-state index is -0.367. The van der Waals surface area contributed by atoms with Crippen LogP contribution in [0.25, 0.3) is 0 Å². The summed E-state index contributed by atoms with van der Waals surface area (Å²) in [6, 6.07) is 6.48. The number of benzene rings is 1. The van der Waals surface area contributed by atoms with Crippen LogP contribution in [0.15, 0.2) is 30.6 Å². The Labute approximate surface area is 133 Å². The zero-order chi connectivity index (χ0) is 16.2. The van der Waals surface area contributed by atoms with E-state index in [4.69, 9.17) is 4.74 Å². The highest BCUT2D eigenvalue weighted by molar-refractivity contribution is 5.92. The number of ether oxygens (including phenoxy) is 1. The van der Waals surface area contributed by atoms with Crippen molar-refractivity contribution in [3.63, 3.8) is 0 Å². The molecular formula is C16H18N4O3. The summed E-state index contributed by atoms with van der Waals surface area (Å²) in [6.07, 6.45) is 2.40. The first kappa shape index (κ1) is 15.1. The van der Waals surface area contributed by atoms with Gasteiger partial charge >= 0.3 is 12.0 Å². The molecule has 2 amide bonds. The van der Waals surface area contributed by atoms with Crippen LogP contribution in [-0.4, -0.2) is 40.0 Å². The second kappa shape index (κ2) is 6.51. The number of anilines is 1. The summed E-state index contributed by atoms with van der Waals surface area (Å²) < 4.78 is 4.93. The summed E-state index contributed by atoms with van der Waals surface area (Å²) in [7, 11) is 0. The van der Waals surface area contributed by atoms with Gasteiger partial charge in [-0.15, -0.1) is 0 Å². The topological polar surface area (TPSA) is 87.3 Å². The zero-order valence-electron chi connectivity index (χ0n) is 12.8. The molecule has 23 heavy (non-hydrogen) atoms. The van der Waals surface area contributed by atoms with E-state index in [0.29, 0.717) is 30.9 Å². The van der Waals surface area contributed by atoms with Crippen LogP contribution in [0.2, 0.25) is 0 Å². The molecule has 0 bridgehead atoms. The highest BCUT2D eigenvalue weighted by Gasteiger charge is 2.22. The average Bonchev–Trinajstić information content (AvgIpc) is 3.03. The van der Waals surface area contributed by atoms with E-state index in [-0.39, 0.29) is 12.0 Å². The largest absolute Gasteiger partial charge is 0.462 e. The molecule has 1 aromatic heterocycles. The maximum absolute atomic E-state index is 12.3. The van der Waals surface area contributed by atoms with Crippen LogP contribution in [0.4, 0.5) is 10.5 Å². The summed E-state index contributed by atoms with van der Waals surface area (Å²) in [4.78, 5) is 32.9. The van der Waals surface area contributed by atoms with E-state index in [2.05, 4.69) is 15.3 Å². The number of hydrogen-bond acceptors (Lipinski definition) is 4. The lowest BCUT2D eigenvalue weighted by atomic mass is 10.1. The van der Waals surface area contributed by atoms with Crippen LogP contribution >= 0.6 is 0 Å². The standard InChI is InChI=1S/C16H18N4O3/c1-2-23-15(21)11-3-5-12(6-4-11)19-16(22)20-8-7-13-14(9-20)18-10-17-13/h3-6,10H,2,7-9H2,1H3,(H,17,18)(H,19,22). The number of amides is 2. The summed E-state index contributed by atoms with van der Waals surface area (Å²) in [6.45, 7) is 3.24. The Morgan fingerprint density at radius 3 is 2.87 bits per heavy atom. The van der Waals surface area contributed by atoms with E-state index < -0.39 is 0 Å². The molecule has 3 rings (SSSR count). The quantitative estimate of drug-likeness (QED) is 0.850. The molecule has 0 saturated heterocycles. The van der Waals surface area contributed by atoms with Gasteiger partial charge in [0.05, 0.1) is 36.4 Å². The number of imidazole rings is 1. The number of urea groups is 1. The second-order valence-corrected chi connectivity index (χ2v) is 5.23. The molecule has 2 heterocycles. The average molecular weight is 314 g/mol. The van der Waals surface area contributed by atoms with Gasteiger partial charge in [0, 0.05) is 18.7 Å². The number of H-pyrrole nitrogens is 1. The molecule has 7 heteroatoms. The Kier molecular flexibility index (Phi) is 4.27. The van der Waals surface area contributed by atoms with E-state index in [1.54, 1.807) is 42.4 Å². The predicted octanol–water partition coefficient (Wildman–Crippen LogP) is 2.18. The lowest BCUT2D eigenvalue weighted by Gasteiger charge is -2.26. The van der Waals surface area contributed by atoms with E-state index in [1.165, 1.54) is 0 Å². The Bertz CT molecular complexity index is 708. The summed E-state index contributed by atoms with van der Waals surface area (Å²) in [5.74, 6) is -0.367. The lowest BCUT2D eigenvalue weighted by Crippen LogP contribution is -2.38. The third kappa shape index (κ3) is 3.33. The maximum atomic E-state index is 12.3. The van der Waals surface area contributed by atoms with Gasteiger partial charge in [-0.1, -0.05) is 0 Å². The van der Waals surface area contributed by atoms with Gasteiger partial charge in [0.1, 0.15) is 0 Å². The number of aromatic amines is 1. The number of hydrogen-bond donors (Lipinski definition) is 2. The van der Waals surface area contributed by atoms with Gasteiger partial charge < -0.3 is 19.9 Å². The first-order valence-corrected chi connectivity index (χ1v) is 7.51. The fourth-order valence-electron chi connectivity index (χ4n) is 2.49. The van der Waals surface area contributed by atoms with E-state index in [0.717, 1.165) is 17.8 Å². The van der Waals surface area contributed by atoms with Crippen molar-refractivity contribution in [3.8, 4) is 0 Å². The fourth-order valence-corrected chi connectivity index (χ4v) is 2.49. The second-order valence-electron chi connectivity index (χ2n) is 5.23. The van der Waals surface area contributed by atoms with Gasteiger partial charge in [-0.05, 0) is 31.2 Å². The summed E-state index contributed by atoms with van der Waals surface area (Å²) >= 11 is 0. The van der Waals surface area contributed by atoms with Gasteiger partial charge in [0.15, 0.2) is 0 Å². The number of esters is 1. The zero-order valence-corrected chi connectivity index (χ0v) is 12.8. The molecule has 0 unspecified atom stereocenters. The number of carbonyl (C=O) groups excluding carboxylic acids is 2. The summed E-state index contributed by atoms with van der Waals surface area (Å²) in [5, 5.41) is 2.83. The van der Waals surface area contributed by atoms with Crippen molar-refractivity contribution in [2.24, 2.45) is 0 Å². The molecule has 0 aliphatic carbocycles. The number of carbonyl (C=O) groups is 2. The minimum absolute atomic E-state index is 0.172. The molecule has 1 aliphatic rings. The molecule has 2 aromatic rings. The smallest absolute Gasteiger partial charge is 0.338 e. The van der Waals surface area contributed by atoms with Crippen LogP contribution in [0.5, 0.6) is 0 Å². The molecule has 7 nitrogen and oxygen atoms in total. The lowest BCUT2D eigenvalue weighted by molar-refractivity contribution is 0.0526. The van der Waals surface area contributed by atoms with E-state index in [1.807, 2.05) is 0 Å². The predicted molar refractivity (Wildman–Crippen MR) is 84.1 cm³/mol. The van der Waals surface area contributed by atoms with Crippen LogP contribution in [0, 0.1) is 0 Å². The van der Waals surface area contributed by atoms with Gasteiger partial charge in [-0.25, -0.2) is 14.6 Å². The number of rotatable bonds is 3. The number of aromatic nitrogens is 2. The SMILES string of the molecule is CCOC(=O)c1ccc(NC(=O)N2CCc3nc[nH]c3C2)cc1. The van der Waals surface area contributed by atoms with Crippen molar-refractivity contribution in [1.29, 1.82) is 0 Å². The van der Waals surface area contributed by atoms with Gasteiger partial charge in [0.2, 0.25) is 0 Å². The van der Waals surface area contributed by atoms with Gasteiger partial charge in [-0.2, -0.15) is 0 Å². The van der Waals surface area contributed by atoms with Crippen LogP contribution < -0.4 is 5.32 Å². The Hall–Kier alpha value is -2.83. The first-order chi connectivity index (χ1) is 11.2. The van der Waals surface area contributed by atoms with Crippen LogP contribution in [-0.2, 0) is 17.7 Å². The third-order valence-corrected chi connectivity index (χ3v) is 3.71. The summed E-state index contributed by atoms with van der Waals surface area (Å²) in [5.41, 5.74) is 3.10. The first-order valence-electron chi connectivity index (χ1n) is 7.51. The normalized spacial score (nSPS) is 13.3. The molecule has 2 N–H and O–H groups in total. The highest BCUT2D eigenvalue weighted by atomic mass is 16.5. The van der Waals surface area contributed by atoms with Crippen molar-refractivity contribution in [2.75, 3.05) is 18.5 Å². The molecule has 0 fully saturated rings. The van der Waals surface area contributed by atoms with Crippen LogP contribution in [0.1, 0.15) is 28.7 Å². The van der Waals surface area contributed by atoms with Crippen molar-refractivity contribution in [3.05, 3.63) is 47.5 Å². The van der Waals surface area contributed by atoms with Gasteiger partial charge in [-0.3, -0.25) is 0 Å². The van der Waals surface area contributed by atoms with Crippen molar-refractivity contribution < 1.29 is 14.3 Å². The van der Waals surface area contributed by atoms with Gasteiger partial charge in [0.25, 0.3) is 0 Å². The Morgan fingerprint density at radius 1 is 1.35 bits per heavy atom. The maximum Gasteiger partial charge on any atom is 0.338 e. The Morgan fingerprint density at radius 2 is 2.13 bits per heavy atom. The Balaban J connectivity index is 1.61. The molecule has 0 saturated carbocycles. The van der Waals surface area contributed by atoms with Crippen LogP contribution in [0.3, 0.4) is 0 Å². The minimum Gasteiger partial charge on any atom is -0.462 e.